The number of rotatable bonds is 8. The summed E-state index contributed by atoms with van der Waals surface area (Å²) in [5.41, 5.74) is 4.50. The van der Waals surface area contributed by atoms with Crippen LogP contribution in [0.15, 0.2) is 54.6 Å². The van der Waals surface area contributed by atoms with Gasteiger partial charge in [0.25, 0.3) is 0 Å². The predicted octanol–water partition coefficient (Wildman–Crippen LogP) is 3.76. The van der Waals surface area contributed by atoms with Gasteiger partial charge in [-0.3, -0.25) is 9.48 Å². The molecule has 1 aliphatic carbocycles. The lowest BCUT2D eigenvalue weighted by molar-refractivity contribution is -0.116. The van der Waals surface area contributed by atoms with Crippen molar-refractivity contribution >= 4 is 23.8 Å². The second kappa shape index (κ2) is 9.78. The number of ether oxygens (including phenoxy) is 1. The van der Waals surface area contributed by atoms with Crippen LogP contribution in [0.2, 0.25) is 0 Å². The van der Waals surface area contributed by atoms with E-state index in [0.29, 0.717) is 6.42 Å². The van der Waals surface area contributed by atoms with Gasteiger partial charge in [0.15, 0.2) is 5.82 Å². The van der Waals surface area contributed by atoms with Gasteiger partial charge >= 0.3 is 12.1 Å². The van der Waals surface area contributed by atoms with E-state index in [1.54, 1.807) is 0 Å². The molecule has 0 fully saturated rings. The van der Waals surface area contributed by atoms with Crippen LogP contribution in [0.5, 0.6) is 0 Å². The number of alkyl carbamates (subject to hydrolysis) is 1. The summed E-state index contributed by atoms with van der Waals surface area (Å²) < 4.78 is 6.73. The van der Waals surface area contributed by atoms with Crippen molar-refractivity contribution in [1.82, 2.24) is 15.1 Å². The summed E-state index contributed by atoms with van der Waals surface area (Å²) in [6.45, 7) is 2.04. The Morgan fingerprint density at radius 2 is 1.71 bits per heavy atom. The van der Waals surface area contributed by atoms with E-state index in [-0.39, 0.29) is 36.4 Å². The standard InChI is InChI=1S/C25H26N4O5/c1-3-15(12-23(30)27-22-13-21(24(31)32)29(2)28-22)26-25(33)34-14-20-18-10-6-4-8-16(18)17-9-5-7-11-19(17)20/h4-11,13,15,20H,3,12,14H2,1-2H3,(H,26,33)(H,31,32)(H,27,28,30). The molecule has 9 nitrogen and oxygen atoms in total. The van der Waals surface area contributed by atoms with E-state index >= 15 is 0 Å². The van der Waals surface area contributed by atoms with Crippen molar-refractivity contribution in [3.63, 3.8) is 0 Å². The zero-order valence-corrected chi connectivity index (χ0v) is 18.9. The van der Waals surface area contributed by atoms with E-state index in [9.17, 15) is 14.4 Å². The zero-order valence-electron chi connectivity index (χ0n) is 18.9. The summed E-state index contributed by atoms with van der Waals surface area (Å²) in [4.78, 5) is 36.0. The van der Waals surface area contributed by atoms with Gasteiger partial charge < -0.3 is 20.5 Å². The molecular formula is C25H26N4O5. The molecule has 3 aromatic rings. The molecular weight excluding hydrogens is 436 g/mol. The van der Waals surface area contributed by atoms with Crippen molar-refractivity contribution in [3.8, 4) is 11.1 Å². The minimum Gasteiger partial charge on any atom is -0.477 e. The van der Waals surface area contributed by atoms with Crippen molar-refractivity contribution < 1.29 is 24.2 Å². The maximum atomic E-state index is 12.5. The first-order chi connectivity index (χ1) is 16.4. The number of benzene rings is 2. The molecule has 0 radical (unpaired) electrons. The number of carbonyl (C=O) groups excluding carboxylic acids is 2. The van der Waals surface area contributed by atoms with E-state index in [4.69, 9.17) is 9.84 Å². The fourth-order valence-electron chi connectivity index (χ4n) is 4.25. The maximum Gasteiger partial charge on any atom is 0.407 e. The van der Waals surface area contributed by atoms with Gasteiger partial charge in [-0.1, -0.05) is 55.5 Å². The largest absolute Gasteiger partial charge is 0.477 e. The predicted molar refractivity (Wildman–Crippen MR) is 126 cm³/mol. The number of hydrogen-bond acceptors (Lipinski definition) is 5. The molecule has 0 aliphatic heterocycles. The van der Waals surface area contributed by atoms with Crippen molar-refractivity contribution in [2.24, 2.45) is 7.05 Å². The van der Waals surface area contributed by atoms with Gasteiger partial charge in [-0.15, -0.1) is 0 Å². The number of aromatic nitrogens is 2. The molecule has 1 unspecified atom stereocenters. The zero-order chi connectivity index (χ0) is 24.2. The van der Waals surface area contributed by atoms with Gasteiger partial charge in [-0.05, 0) is 28.7 Å². The number of aryl methyl sites for hydroxylation is 1. The monoisotopic (exact) mass is 462 g/mol. The lowest BCUT2D eigenvalue weighted by atomic mass is 9.98. The molecule has 0 bridgehead atoms. The number of anilines is 1. The molecule has 4 rings (SSSR count). The highest BCUT2D eigenvalue weighted by atomic mass is 16.5. The number of nitrogens with one attached hydrogen (secondary N) is 2. The van der Waals surface area contributed by atoms with Crippen molar-refractivity contribution in [2.75, 3.05) is 11.9 Å². The quantitative estimate of drug-likeness (QED) is 0.468. The average molecular weight is 463 g/mol. The van der Waals surface area contributed by atoms with Crippen molar-refractivity contribution in [2.45, 2.75) is 31.7 Å². The molecule has 1 atom stereocenters. The first-order valence-corrected chi connectivity index (χ1v) is 11.1. The highest BCUT2D eigenvalue weighted by molar-refractivity contribution is 5.92. The number of carboxylic acids is 1. The Labute approximate surface area is 196 Å². The molecule has 1 aliphatic rings. The van der Waals surface area contributed by atoms with Gasteiger partial charge in [0.05, 0.1) is 0 Å². The minimum atomic E-state index is -1.14. The fraction of sp³-hybridized carbons (Fsp3) is 0.280. The average Bonchev–Trinajstić information content (AvgIpc) is 3.34. The second-order valence-electron chi connectivity index (χ2n) is 8.17. The summed E-state index contributed by atoms with van der Waals surface area (Å²) in [5, 5.41) is 18.4. The lowest BCUT2D eigenvalue weighted by Gasteiger charge is -2.18. The maximum absolute atomic E-state index is 12.5. The molecule has 0 spiro atoms. The van der Waals surface area contributed by atoms with E-state index in [0.717, 1.165) is 22.3 Å². The van der Waals surface area contributed by atoms with Gasteiger partial charge in [-0.2, -0.15) is 5.10 Å². The third kappa shape index (κ3) is 4.78. The number of carboxylic acid groups (broad SMARTS) is 1. The molecule has 2 amide bonds. The fourth-order valence-corrected chi connectivity index (χ4v) is 4.25. The molecule has 176 valence electrons. The van der Waals surface area contributed by atoms with Crippen LogP contribution in [0.3, 0.4) is 0 Å². The normalized spacial score (nSPS) is 13.0. The highest BCUT2D eigenvalue weighted by Gasteiger charge is 2.29. The van der Waals surface area contributed by atoms with Crippen LogP contribution in [0.25, 0.3) is 11.1 Å². The summed E-state index contributed by atoms with van der Waals surface area (Å²) in [6.07, 6.45) is -0.0765. The lowest BCUT2D eigenvalue weighted by Crippen LogP contribution is -2.38. The summed E-state index contributed by atoms with van der Waals surface area (Å²) >= 11 is 0. The molecule has 1 aromatic heterocycles. The van der Waals surface area contributed by atoms with Crippen LogP contribution in [0.1, 0.15) is 47.3 Å². The van der Waals surface area contributed by atoms with E-state index < -0.39 is 18.1 Å². The van der Waals surface area contributed by atoms with Crippen LogP contribution in [0, 0.1) is 0 Å². The van der Waals surface area contributed by atoms with E-state index in [1.807, 2.05) is 43.3 Å². The van der Waals surface area contributed by atoms with Crippen LogP contribution in [0.4, 0.5) is 10.6 Å². The molecule has 1 heterocycles. The SMILES string of the molecule is CCC(CC(=O)Nc1cc(C(=O)O)n(C)n1)NC(=O)OCC1c2ccccc2-c2ccccc21. The number of amides is 2. The van der Waals surface area contributed by atoms with Crippen molar-refractivity contribution in [3.05, 3.63) is 71.4 Å². The van der Waals surface area contributed by atoms with Gasteiger partial charge in [-0.25, -0.2) is 9.59 Å². The number of carbonyl (C=O) groups is 3. The molecule has 34 heavy (non-hydrogen) atoms. The molecule has 9 heteroatoms. The molecule has 3 N–H and O–H groups in total. The van der Waals surface area contributed by atoms with Gasteiger partial charge in [0.1, 0.15) is 12.3 Å². The smallest absolute Gasteiger partial charge is 0.407 e. The summed E-state index contributed by atoms with van der Waals surface area (Å²) in [7, 11) is 1.48. The Hall–Kier alpha value is -4.14. The van der Waals surface area contributed by atoms with Gasteiger partial charge in [0.2, 0.25) is 5.91 Å². The Bertz CT molecular complexity index is 1190. The number of hydrogen-bond donors (Lipinski definition) is 3. The van der Waals surface area contributed by atoms with Crippen LogP contribution < -0.4 is 10.6 Å². The minimum absolute atomic E-state index is 0.000323. The molecule has 0 saturated heterocycles. The summed E-state index contributed by atoms with van der Waals surface area (Å²) in [6, 6.07) is 17.0. The van der Waals surface area contributed by atoms with Crippen LogP contribution in [-0.4, -0.2) is 45.5 Å². The van der Waals surface area contributed by atoms with Crippen LogP contribution >= 0.6 is 0 Å². The Balaban J connectivity index is 1.33. The Morgan fingerprint density at radius 3 is 2.26 bits per heavy atom. The topological polar surface area (TPSA) is 123 Å². The third-order valence-corrected chi connectivity index (χ3v) is 5.96. The first kappa shape index (κ1) is 23.0. The molecule has 0 saturated carbocycles. The Kier molecular flexibility index (Phi) is 6.62. The van der Waals surface area contributed by atoms with E-state index in [1.165, 1.54) is 17.8 Å². The Morgan fingerprint density at radius 1 is 1.09 bits per heavy atom. The first-order valence-electron chi connectivity index (χ1n) is 11.1. The summed E-state index contributed by atoms with van der Waals surface area (Å²) in [5.74, 6) is -1.44. The van der Waals surface area contributed by atoms with Crippen LogP contribution in [-0.2, 0) is 16.6 Å². The van der Waals surface area contributed by atoms with Gasteiger partial charge in [0, 0.05) is 31.5 Å². The van der Waals surface area contributed by atoms with E-state index in [2.05, 4.69) is 27.9 Å². The third-order valence-electron chi connectivity index (χ3n) is 5.96. The highest BCUT2D eigenvalue weighted by Crippen LogP contribution is 2.44. The van der Waals surface area contributed by atoms with Crippen molar-refractivity contribution in [1.29, 1.82) is 0 Å². The number of fused-ring (bicyclic) bond motifs is 3. The number of aromatic carboxylic acids is 1. The number of nitrogens with zero attached hydrogens (tertiary/aromatic N) is 2. The molecule has 2 aromatic carbocycles. The second-order valence-corrected chi connectivity index (χ2v) is 8.17.